The van der Waals surface area contributed by atoms with Crippen molar-refractivity contribution in [3.8, 4) is 0 Å². The van der Waals surface area contributed by atoms with Gasteiger partial charge < -0.3 is 10.2 Å². The molecular formula is C21H19N5O3. The van der Waals surface area contributed by atoms with Crippen molar-refractivity contribution in [2.45, 2.75) is 13.1 Å². The summed E-state index contributed by atoms with van der Waals surface area (Å²) in [6.07, 6.45) is 3.33. The van der Waals surface area contributed by atoms with Crippen LogP contribution in [0.4, 0.5) is 0 Å². The third kappa shape index (κ3) is 4.06. The van der Waals surface area contributed by atoms with Crippen LogP contribution in [0.1, 0.15) is 36.9 Å². The molecule has 8 nitrogen and oxygen atoms in total. The number of hydrogen-bond donors (Lipinski definition) is 1. The standard InChI is InChI=1S/C21H19N5O3/c27-19(16-6-2-1-3-7-16)14-25-9-10-26-18(21(25)29)11-17(24-26)20(28)23-13-15-5-4-8-22-12-15/h1-8,11-12H,9-10,13-14H2,(H,23,28). The lowest BCUT2D eigenvalue weighted by atomic mass is 10.1. The van der Waals surface area contributed by atoms with Crippen LogP contribution in [0.2, 0.25) is 0 Å². The second kappa shape index (κ2) is 8.05. The number of aromatic nitrogens is 3. The van der Waals surface area contributed by atoms with Crippen LogP contribution >= 0.6 is 0 Å². The molecule has 0 fully saturated rings. The van der Waals surface area contributed by atoms with Gasteiger partial charge in [-0.05, 0) is 11.6 Å². The fraction of sp³-hybridized carbons (Fsp3) is 0.190. The smallest absolute Gasteiger partial charge is 0.272 e. The molecule has 2 amide bonds. The fourth-order valence-corrected chi connectivity index (χ4v) is 3.16. The fourth-order valence-electron chi connectivity index (χ4n) is 3.16. The van der Waals surface area contributed by atoms with Gasteiger partial charge in [-0.1, -0.05) is 36.4 Å². The van der Waals surface area contributed by atoms with Gasteiger partial charge >= 0.3 is 0 Å². The Kier molecular flexibility index (Phi) is 5.15. The van der Waals surface area contributed by atoms with Crippen LogP contribution in [0.5, 0.6) is 0 Å². The van der Waals surface area contributed by atoms with Gasteiger partial charge in [0.15, 0.2) is 11.5 Å². The molecule has 3 heterocycles. The van der Waals surface area contributed by atoms with Gasteiger partial charge in [0.2, 0.25) is 0 Å². The molecule has 0 atom stereocenters. The lowest BCUT2D eigenvalue weighted by Gasteiger charge is -2.26. The molecule has 3 aromatic rings. The summed E-state index contributed by atoms with van der Waals surface area (Å²) in [5.41, 5.74) is 1.92. The van der Waals surface area contributed by atoms with Crippen molar-refractivity contribution in [2.75, 3.05) is 13.1 Å². The number of Topliss-reactive ketones (excluding diaryl/α,β-unsaturated/α-hetero) is 1. The first-order valence-electron chi connectivity index (χ1n) is 9.24. The maximum atomic E-state index is 12.8. The van der Waals surface area contributed by atoms with Gasteiger partial charge in [0.1, 0.15) is 5.69 Å². The highest BCUT2D eigenvalue weighted by atomic mass is 16.2. The van der Waals surface area contributed by atoms with E-state index in [9.17, 15) is 14.4 Å². The van der Waals surface area contributed by atoms with Crippen molar-refractivity contribution in [3.63, 3.8) is 0 Å². The Morgan fingerprint density at radius 1 is 1.07 bits per heavy atom. The third-order valence-corrected chi connectivity index (χ3v) is 4.71. The number of carbonyl (C=O) groups excluding carboxylic acids is 3. The van der Waals surface area contributed by atoms with Crippen molar-refractivity contribution in [1.82, 2.24) is 25.0 Å². The molecule has 1 N–H and O–H groups in total. The maximum Gasteiger partial charge on any atom is 0.272 e. The first-order valence-corrected chi connectivity index (χ1v) is 9.24. The molecule has 2 aromatic heterocycles. The highest BCUT2D eigenvalue weighted by Crippen LogP contribution is 2.15. The van der Waals surface area contributed by atoms with E-state index in [2.05, 4.69) is 15.4 Å². The number of nitrogens with one attached hydrogen (secondary N) is 1. The Morgan fingerprint density at radius 3 is 2.66 bits per heavy atom. The molecule has 1 aliphatic heterocycles. The number of ketones is 1. The molecule has 1 aromatic carbocycles. The van der Waals surface area contributed by atoms with Crippen molar-refractivity contribution < 1.29 is 14.4 Å². The summed E-state index contributed by atoms with van der Waals surface area (Å²) in [4.78, 5) is 43.1. The van der Waals surface area contributed by atoms with Gasteiger partial charge in [-0.25, -0.2) is 0 Å². The zero-order chi connectivity index (χ0) is 20.2. The van der Waals surface area contributed by atoms with Crippen molar-refractivity contribution >= 4 is 17.6 Å². The first kappa shape index (κ1) is 18.5. The quantitative estimate of drug-likeness (QED) is 0.645. The number of rotatable bonds is 6. The minimum Gasteiger partial charge on any atom is -0.347 e. The number of fused-ring (bicyclic) bond motifs is 1. The van der Waals surface area contributed by atoms with E-state index >= 15 is 0 Å². The van der Waals surface area contributed by atoms with E-state index in [-0.39, 0.29) is 29.8 Å². The zero-order valence-electron chi connectivity index (χ0n) is 15.6. The summed E-state index contributed by atoms with van der Waals surface area (Å²) in [5.74, 6) is -0.795. The minimum absolute atomic E-state index is 0.00341. The molecule has 4 rings (SSSR count). The Labute approximate surface area is 167 Å². The molecule has 1 aliphatic rings. The molecule has 0 aliphatic carbocycles. The number of nitrogens with zero attached hydrogens (tertiary/aromatic N) is 4. The van der Waals surface area contributed by atoms with Crippen LogP contribution in [0.25, 0.3) is 0 Å². The minimum atomic E-state index is -0.365. The summed E-state index contributed by atoms with van der Waals surface area (Å²) in [6.45, 7) is 1.11. The van der Waals surface area contributed by atoms with Crippen LogP contribution in [-0.4, -0.2) is 50.4 Å². The molecule has 0 bridgehead atoms. The largest absolute Gasteiger partial charge is 0.347 e. The van der Waals surface area contributed by atoms with E-state index in [1.165, 1.54) is 15.6 Å². The molecule has 0 radical (unpaired) electrons. The number of carbonyl (C=O) groups is 3. The second-order valence-electron chi connectivity index (χ2n) is 6.70. The number of amides is 2. The SMILES string of the molecule is O=C(CN1CCn2nc(C(=O)NCc3cccnc3)cc2C1=O)c1ccccc1. The van der Waals surface area contributed by atoms with Crippen LogP contribution in [0.15, 0.2) is 60.9 Å². The molecule has 0 saturated carbocycles. The topological polar surface area (TPSA) is 97.2 Å². The summed E-state index contributed by atoms with van der Waals surface area (Å²) in [7, 11) is 0. The van der Waals surface area contributed by atoms with E-state index in [1.807, 2.05) is 12.1 Å². The number of benzene rings is 1. The normalized spacial score (nSPS) is 13.1. The maximum absolute atomic E-state index is 12.8. The lowest BCUT2D eigenvalue weighted by Crippen LogP contribution is -2.43. The third-order valence-electron chi connectivity index (χ3n) is 4.71. The number of pyridine rings is 1. The van der Waals surface area contributed by atoms with E-state index in [0.29, 0.717) is 30.9 Å². The molecule has 29 heavy (non-hydrogen) atoms. The predicted molar refractivity (Wildman–Crippen MR) is 104 cm³/mol. The van der Waals surface area contributed by atoms with E-state index in [1.54, 1.807) is 42.7 Å². The molecular weight excluding hydrogens is 370 g/mol. The zero-order valence-corrected chi connectivity index (χ0v) is 15.6. The average molecular weight is 389 g/mol. The van der Waals surface area contributed by atoms with Gasteiger partial charge in [0.05, 0.1) is 13.1 Å². The van der Waals surface area contributed by atoms with Crippen LogP contribution < -0.4 is 5.32 Å². The average Bonchev–Trinajstić information content (AvgIpc) is 3.21. The second-order valence-corrected chi connectivity index (χ2v) is 6.70. The van der Waals surface area contributed by atoms with Gasteiger partial charge in [-0.15, -0.1) is 0 Å². The Morgan fingerprint density at radius 2 is 1.90 bits per heavy atom. The van der Waals surface area contributed by atoms with Gasteiger partial charge in [0.25, 0.3) is 11.8 Å². The van der Waals surface area contributed by atoms with Gasteiger partial charge in [-0.3, -0.25) is 24.0 Å². The number of hydrogen-bond acceptors (Lipinski definition) is 5. The highest BCUT2D eigenvalue weighted by Gasteiger charge is 2.29. The molecule has 0 saturated heterocycles. The van der Waals surface area contributed by atoms with Crippen molar-refractivity contribution in [3.05, 3.63) is 83.4 Å². The Hall–Kier alpha value is -3.81. The first-order chi connectivity index (χ1) is 14.1. The molecule has 8 heteroatoms. The highest BCUT2D eigenvalue weighted by molar-refractivity contribution is 6.03. The molecule has 146 valence electrons. The van der Waals surface area contributed by atoms with Gasteiger partial charge in [-0.2, -0.15) is 5.10 Å². The summed E-state index contributed by atoms with van der Waals surface area (Å²) >= 11 is 0. The predicted octanol–water partition coefficient (Wildman–Crippen LogP) is 1.55. The van der Waals surface area contributed by atoms with E-state index in [4.69, 9.17) is 0 Å². The van der Waals surface area contributed by atoms with Crippen LogP contribution in [0, 0.1) is 0 Å². The monoisotopic (exact) mass is 389 g/mol. The van der Waals surface area contributed by atoms with Crippen LogP contribution in [0.3, 0.4) is 0 Å². The lowest BCUT2D eigenvalue weighted by molar-refractivity contribution is 0.0658. The van der Waals surface area contributed by atoms with Crippen molar-refractivity contribution in [2.24, 2.45) is 0 Å². The van der Waals surface area contributed by atoms with Crippen molar-refractivity contribution in [1.29, 1.82) is 0 Å². The summed E-state index contributed by atoms with van der Waals surface area (Å²) in [6, 6.07) is 14.0. The Bertz CT molecular complexity index is 1050. The van der Waals surface area contributed by atoms with E-state index in [0.717, 1.165) is 5.56 Å². The van der Waals surface area contributed by atoms with Gasteiger partial charge in [0, 0.05) is 37.1 Å². The summed E-state index contributed by atoms with van der Waals surface area (Å²) < 4.78 is 1.52. The van der Waals surface area contributed by atoms with E-state index < -0.39 is 0 Å². The summed E-state index contributed by atoms with van der Waals surface area (Å²) in [5, 5.41) is 7.01. The van der Waals surface area contributed by atoms with Crippen LogP contribution in [-0.2, 0) is 13.1 Å². The molecule has 0 unspecified atom stereocenters. The Balaban J connectivity index is 1.42. The molecule has 0 spiro atoms.